The molecule has 0 spiro atoms. The Labute approximate surface area is 217 Å². The Morgan fingerprint density at radius 1 is 0.706 bits per heavy atom. The van der Waals surface area contributed by atoms with Gasteiger partial charge in [0.05, 0.1) is 11.5 Å². The molecule has 0 bridgehead atoms. The normalized spacial score (nSPS) is 10.3. The summed E-state index contributed by atoms with van der Waals surface area (Å²) in [6, 6.07) is 35.0. The molecule has 0 N–H and O–H groups in total. The van der Waals surface area contributed by atoms with Gasteiger partial charge in [-0.05, 0) is 61.2 Å². The maximum Gasteiger partial charge on any atom is 0.0771 e. The van der Waals surface area contributed by atoms with Crippen LogP contribution in [-0.4, -0.2) is 18.0 Å². The van der Waals surface area contributed by atoms with Crippen LogP contribution in [0.25, 0.3) is 39.5 Å². The molecule has 4 radical (unpaired) electrons. The summed E-state index contributed by atoms with van der Waals surface area (Å²) >= 11 is 0. The Morgan fingerprint density at radius 2 is 1.38 bits per heavy atom. The summed E-state index contributed by atoms with van der Waals surface area (Å²) in [6.45, 7) is 6.47. The first-order valence-electron chi connectivity index (χ1n) is 10.9. The van der Waals surface area contributed by atoms with E-state index in [4.69, 9.17) is 4.98 Å². The molecule has 0 saturated carbocycles. The standard InChI is InChI=1S/C30H25N2.B.Ir/c1-21-11-10-16-26(17-21)28-20-32(30(31-28)25-14-8-5-9-15-25)29-22(2)18-27(19-23(29)3)24-12-6-4-7-13-24;;/h4-14,16-20H,1-3H3;;/q-1;;. The van der Waals surface area contributed by atoms with Crippen LogP contribution < -0.4 is 0 Å². The van der Waals surface area contributed by atoms with Gasteiger partial charge in [-0.25, -0.2) is 0 Å². The Morgan fingerprint density at radius 3 is 2.03 bits per heavy atom. The van der Waals surface area contributed by atoms with E-state index < -0.39 is 0 Å². The third-order valence-electron chi connectivity index (χ3n) is 5.81. The molecule has 1 heterocycles. The van der Waals surface area contributed by atoms with Crippen molar-refractivity contribution >= 4 is 8.41 Å². The molecular weight excluding hydrogens is 591 g/mol. The van der Waals surface area contributed by atoms with Crippen LogP contribution in [0.4, 0.5) is 0 Å². The van der Waals surface area contributed by atoms with Gasteiger partial charge in [-0.15, -0.1) is 35.9 Å². The van der Waals surface area contributed by atoms with E-state index in [1.165, 1.54) is 33.5 Å². The average Bonchev–Trinajstić information content (AvgIpc) is 3.25. The fraction of sp³-hybridized carbons (Fsp3) is 0.100. The van der Waals surface area contributed by atoms with Crippen molar-refractivity contribution in [2.45, 2.75) is 20.8 Å². The summed E-state index contributed by atoms with van der Waals surface area (Å²) < 4.78 is 2.23. The van der Waals surface area contributed by atoms with E-state index in [9.17, 15) is 0 Å². The topological polar surface area (TPSA) is 17.8 Å². The molecular formula is C30H25BIrN2-. The summed E-state index contributed by atoms with van der Waals surface area (Å²) in [4.78, 5) is 5.06. The second kappa shape index (κ2) is 10.8. The monoisotopic (exact) mass is 617 g/mol. The van der Waals surface area contributed by atoms with E-state index in [-0.39, 0.29) is 28.5 Å². The van der Waals surface area contributed by atoms with Crippen LogP contribution in [0.2, 0.25) is 0 Å². The van der Waals surface area contributed by atoms with Crippen molar-refractivity contribution in [3.8, 4) is 39.5 Å². The third kappa shape index (κ3) is 4.99. The van der Waals surface area contributed by atoms with Crippen LogP contribution in [0, 0.1) is 26.8 Å². The number of hydrogen-bond donors (Lipinski definition) is 0. The van der Waals surface area contributed by atoms with Crippen LogP contribution in [0.15, 0.2) is 97.2 Å². The molecule has 2 nitrogen and oxygen atoms in total. The molecule has 4 aromatic carbocycles. The van der Waals surface area contributed by atoms with Crippen LogP contribution in [0.1, 0.15) is 16.7 Å². The van der Waals surface area contributed by atoms with Crippen molar-refractivity contribution in [1.82, 2.24) is 9.55 Å². The zero-order valence-corrected chi connectivity index (χ0v) is 21.9. The number of nitrogens with zero attached hydrogens (tertiary/aromatic N) is 2. The zero-order chi connectivity index (χ0) is 22.1. The van der Waals surface area contributed by atoms with Gasteiger partial charge in [0.15, 0.2) is 0 Å². The molecule has 0 amide bonds. The molecule has 0 aliphatic rings. The van der Waals surface area contributed by atoms with E-state index in [1.54, 1.807) is 0 Å². The molecule has 0 atom stereocenters. The second-order valence-corrected chi connectivity index (χ2v) is 8.29. The molecule has 0 unspecified atom stereocenters. The summed E-state index contributed by atoms with van der Waals surface area (Å²) in [5.41, 5.74) is 10.4. The zero-order valence-electron chi connectivity index (χ0n) is 19.5. The molecule has 5 aromatic rings. The van der Waals surface area contributed by atoms with Gasteiger partial charge in [-0.2, -0.15) is 0 Å². The second-order valence-electron chi connectivity index (χ2n) is 8.29. The molecule has 1 aromatic heterocycles. The Bertz CT molecular complexity index is 1370. The summed E-state index contributed by atoms with van der Waals surface area (Å²) in [5.74, 6) is 0.903. The first-order valence-corrected chi connectivity index (χ1v) is 10.9. The van der Waals surface area contributed by atoms with E-state index >= 15 is 0 Å². The van der Waals surface area contributed by atoms with Crippen molar-refractivity contribution in [1.29, 1.82) is 0 Å². The van der Waals surface area contributed by atoms with Crippen molar-refractivity contribution in [3.05, 3.63) is 120 Å². The Hall–Kier alpha value is -3.20. The van der Waals surface area contributed by atoms with E-state index in [0.717, 1.165) is 22.6 Å². The fourth-order valence-electron chi connectivity index (χ4n) is 4.35. The first kappa shape index (κ1) is 25.4. The Balaban J connectivity index is 0.00000162. The van der Waals surface area contributed by atoms with Gasteiger partial charge in [-0.3, -0.25) is 4.98 Å². The van der Waals surface area contributed by atoms with Crippen molar-refractivity contribution in [2.75, 3.05) is 0 Å². The molecule has 0 saturated heterocycles. The number of aryl methyl sites for hydroxylation is 3. The van der Waals surface area contributed by atoms with E-state index in [2.05, 4.69) is 110 Å². The third-order valence-corrected chi connectivity index (χ3v) is 5.81. The van der Waals surface area contributed by atoms with Gasteiger partial charge in [-0.1, -0.05) is 54.1 Å². The summed E-state index contributed by atoms with van der Waals surface area (Å²) in [6.07, 6.45) is 2.16. The van der Waals surface area contributed by atoms with Crippen LogP contribution >= 0.6 is 0 Å². The largest absolute Gasteiger partial charge is 0.339 e. The average molecular weight is 617 g/mol. The van der Waals surface area contributed by atoms with Crippen LogP contribution in [0.3, 0.4) is 0 Å². The predicted molar refractivity (Wildman–Crippen MR) is 139 cm³/mol. The first-order chi connectivity index (χ1) is 15.6. The minimum Gasteiger partial charge on any atom is -0.339 e. The fourth-order valence-corrected chi connectivity index (χ4v) is 4.35. The number of hydrogen-bond acceptors (Lipinski definition) is 1. The van der Waals surface area contributed by atoms with Crippen molar-refractivity contribution in [2.24, 2.45) is 0 Å². The van der Waals surface area contributed by atoms with Gasteiger partial charge < -0.3 is 4.57 Å². The van der Waals surface area contributed by atoms with E-state index in [1.807, 2.05) is 18.2 Å². The Kier molecular flexibility index (Phi) is 8.09. The maximum absolute atomic E-state index is 5.06. The minimum atomic E-state index is 0. The number of benzene rings is 4. The molecule has 168 valence electrons. The van der Waals surface area contributed by atoms with Gasteiger partial charge in [0.2, 0.25) is 0 Å². The molecule has 0 fully saturated rings. The molecule has 0 aliphatic carbocycles. The maximum atomic E-state index is 5.06. The van der Waals surface area contributed by atoms with E-state index in [0.29, 0.717) is 0 Å². The molecule has 5 rings (SSSR count). The molecule has 4 heteroatoms. The number of rotatable bonds is 4. The van der Waals surface area contributed by atoms with Gasteiger partial charge >= 0.3 is 0 Å². The predicted octanol–water partition coefficient (Wildman–Crippen LogP) is 7.22. The van der Waals surface area contributed by atoms with Gasteiger partial charge in [0.25, 0.3) is 0 Å². The summed E-state index contributed by atoms with van der Waals surface area (Å²) in [5, 5.41) is 0. The van der Waals surface area contributed by atoms with Crippen molar-refractivity contribution in [3.63, 3.8) is 0 Å². The van der Waals surface area contributed by atoms with Crippen molar-refractivity contribution < 1.29 is 20.1 Å². The molecule has 34 heavy (non-hydrogen) atoms. The number of aromatic nitrogens is 2. The van der Waals surface area contributed by atoms with Gasteiger partial charge in [0, 0.05) is 46.0 Å². The smallest absolute Gasteiger partial charge is 0.0771 e. The van der Waals surface area contributed by atoms with Crippen LogP contribution in [-0.2, 0) is 20.1 Å². The quantitative estimate of drug-likeness (QED) is 0.154. The summed E-state index contributed by atoms with van der Waals surface area (Å²) in [7, 11) is 0. The number of imidazole rings is 1. The van der Waals surface area contributed by atoms with Gasteiger partial charge in [0.1, 0.15) is 0 Å². The molecule has 0 aliphatic heterocycles. The minimum absolute atomic E-state index is 0. The SMILES string of the molecule is Cc1cccc(-c2cn(-c3c(C)cc(-c4ccccc4)cc3C)c(-c3[c-]cccc3)n2)c1.[B].[Ir]. The van der Waals surface area contributed by atoms with Crippen LogP contribution in [0.5, 0.6) is 0 Å².